The van der Waals surface area contributed by atoms with Gasteiger partial charge in [0.25, 0.3) is 0 Å². The molecule has 26 heteroatoms. The van der Waals surface area contributed by atoms with Gasteiger partial charge in [-0.25, -0.2) is 0 Å². The minimum atomic E-state index is -2.03. The Morgan fingerprint density at radius 1 is 0.521 bits per heavy atom. The van der Waals surface area contributed by atoms with Gasteiger partial charge in [-0.05, 0) is 35.7 Å². The molecule has 7 aromatic rings. The first kappa shape index (κ1) is 49.0. The zero-order chi connectivity index (χ0) is 52.2. The van der Waals surface area contributed by atoms with Crippen molar-refractivity contribution in [1.82, 2.24) is 0 Å². The number of rotatable bonds is 9. The van der Waals surface area contributed by atoms with Crippen molar-refractivity contribution in [1.29, 1.82) is 0 Å². The van der Waals surface area contributed by atoms with Gasteiger partial charge in [-0.2, -0.15) is 0 Å². The molecule has 6 heterocycles. The van der Waals surface area contributed by atoms with E-state index in [1.165, 1.54) is 12.1 Å². The van der Waals surface area contributed by atoms with Crippen LogP contribution in [-0.4, -0.2) is 156 Å². The van der Waals surface area contributed by atoms with E-state index < -0.39 is 182 Å². The third-order valence-corrected chi connectivity index (χ3v) is 13.6. The van der Waals surface area contributed by atoms with E-state index >= 15 is 0 Å². The molecular formula is C47H40O25S. The van der Waals surface area contributed by atoms with Gasteiger partial charge in [0.15, 0.2) is 57.2 Å². The van der Waals surface area contributed by atoms with Gasteiger partial charge in [0.2, 0.25) is 46.4 Å². The molecule has 0 spiro atoms. The maximum atomic E-state index is 13.9. The first-order valence-corrected chi connectivity index (χ1v) is 22.5. The number of hydrogen-bond acceptors (Lipinski definition) is 26. The van der Waals surface area contributed by atoms with Crippen LogP contribution >= 0.6 is 11.3 Å². The number of ether oxygens (including phenoxy) is 5. The van der Waals surface area contributed by atoms with E-state index in [-0.39, 0.29) is 33.8 Å². The summed E-state index contributed by atoms with van der Waals surface area (Å²) in [5, 5.41) is 172. The summed E-state index contributed by atoms with van der Waals surface area (Å²) in [4.78, 5) is 28.2. The van der Waals surface area contributed by atoms with Gasteiger partial charge < -0.3 is 114 Å². The maximum Gasteiger partial charge on any atom is 0.238 e. The first-order chi connectivity index (χ1) is 34.7. The van der Waals surface area contributed by atoms with Crippen LogP contribution in [-0.2, 0) is 9.47 Å². The molecule has 0 unspecified atom stereocenters. The number of hydrogen-bond donors (Lipinski definition) is 16. The second-order valence-electron chi connectivity index (χ2n) is 17.1. The Balaban J connectivity index is 1.11. The van der Waals surface area contributed by atoms with Gasteiger partial charge in [0.1, 0.15) is 71.1 Å². The fraction of sp³-hybridized carbons (Fsp3) is 0.277. The van der Waals surface area contributed by atoms with E-state index in [4.69, 9.17) is 32.5 Å². The Bertz CT molecular complexity index is 3250. The molecular weight excluding hydrogens is 997 g/mol. The van der Waals surface area contributed by atoms with Crippen LogP contribution in [0, 0.1) is 0 Å². The molecule has 2 saturated heterocycles. The highest BCUT2D eigenvalue weighted by atomic mass is 32.1. The van der Waals surface area contributed by atoms with Crippen LogP contribution in [0.25, 0.3) is 44.6 Å². The lowest BCUT2D eigenvalue weighted by Gasteiger charge is -2.39. The van der Waals surface area contributed by atoms with Gasteiger partial charge in [-0.1, -0.05) is 6.07 Å². The predicted molar refractivity (Wildman–Crippen MR) is 243 cm³/mol. The lowest BCUT2D eigenvalue weighted by atomic mass is 9.84. The zero-order valence-corrected chi connectivity index (χ0v) is 37.5. The Morgan fingerprint density at radius 3 is 1.33 bits per heavy atom. The number of aliphatic hydroxyl groups excluding tert-OH is 8. The van der Waals surface area contributed by atoms with Gasteiger partial charge in [0.05, 0.1) is 19.1 Å². The van der Waals surface area contributed by atoms with Crippen LogP contribution < -0.4 is 25.1 Å². The molecule has 2 fully saturated rings. The minimum Gasteiger partial charge on any atom is -0.507 e. The van der Waals surface area contributed by atoms with E-state index in [2.05, 4.69) is 0 Å². The van der Waals surface area contributed by atoms with E-state index in [1.54, 1.807) is 17.5 Å². The number of phenols is 6. The summed E-state index contributed by atoms with van der Waals surface area (Å²) < 4.78 is 40.1. The second-order valence-corrected chi connectivity index (χ2v) is 18.1. The molecule has 73 heavy (non-hydrogen) atoms. The molecule has 0 saturated carbocycles. The van der Waals surface area contributed by atoms with Crippen LogP contribution in [0.4, 0.5) is 0 Å². The van der Waals surface area contributed by atoms with Crippen molar-refractivity contribution in [3.63, 3.8) is 0 Å². The Hall–Kier alpha value is -7.60. The topological polar surface area (TPSA) is 430 Å². The summed E-state index contributed by atoms with van der Waals surface area (Å²) in [7, 11) is 0. The number of thiophene rings is 1. The fourth-order valence-corrected chi connectivity index (χ4v) is 9.86. The molecule has 10 rings (SSSR count). The summed E-state index contributed by atoms with van der Waals surface area (Å²) in [6.07, 6.45) is -18.5. The van der Waals surface area contributed by atoms with Crippen molar-refractivity contribution in [2.24, 2.45) is 0 Å². The van der Waals surface area contributed by atoms with Crippen molar-refractivity contribution in [3.8, 4) is 91.6 Å². The van der Waals surface area contributed by atoms with Crippen molar-refractivity contribution in [2.45, 2.75) is 67.3 Å². The molecule has 16 N–H and O–H groups in total. The van der Waals surface area contributed by atoms with E-state index in [9.17, 15) is 91.3 Å². The Kier molecular flexibility index (Phi) is 12.2. The molecule has 3 aliphatic rings. The molecule has 0 bridgehead atoms. The molecule has 0 radical (unpaired) electrons. The van der Waals surface area contributed by atoms with Crippen LogP contribution in [0.5, 0.6) is 69.0 Å². The summed E-state index contributed by atoms with van der Waals surface area (Å²) in [5.41, 5.74) is -4.60. The maximum absolute atomic E-state index is 13.9. The molecule has 3 aromatic heterocycles. The third kappa shape index (κ3) is 7.79. The average Bonchev–Trinajstić information content (AvgIpc) is 3.89. The number of phenolic OH excluding ortho intramolecular Hbond substituents is 6. The standard InChI is InChI=1S/C47H40O25S/c48-10-22-28(56)32(60)36(64)46(66-22)71-42-20(54)8-16(50)26-30(58)34(62)38(68-44(26)42)12-4-14-25(24-2-1-3-73-24)15-5-13(7-19(53)41(15)70-40(14)18(52)6-12)39-35(63)31(59)27-17(51)9-21(55)43(45(27)69-39)72-47-37(65)33(61)29(57)23(11-49)67-47/h1-9,22-23,25,28-29,32-33,36-37,46-57,60-65H,10-11H2/t22-,23-,28-,29-,32+,33+,36-,37-,46+,47+/m1/s1. The van der Waals surface area contributed by atoms with Crippen molar-refractivity contribution in [2.75, 3.05) is 13.2 Å². The monoisotopic (exact) mass is 1040 g/mol. The van der Waals surface area contributed by atoms with Crippen LogP contribution in [0.3, 0.4) is 0 Å². The summed E-state index contributed by atoms with van der Waals surface area (Å²) in [5.74, 6) is -12.0. The van der Waals surface area contributed by atoms with Gasteiger partial charge in [-0.15, -0.1) is 11.3 Å². The molecule has 0 aliphatic carbocycles. The normalized spacial score (nSPS) is 25.0. The molecule has 384 valence electrons. The fourth-order valence-electron chi connectivity index (χ4n) is 9.00. The molecule has 0 amide bonds. The van der Waals surface area contributed by atoms with Crippen molar-refractivity contribution in [3.05, 3.63) is 90.4 Å². The Labute approximate surface area is 409 Å². The third-order valence-electron chi connectivity index (χ3n) is 12.7. The second kappa shape index (κ2) is 18.2. The van der Waals surface area contributed by atoms with Crippen molar-refractivity contribution < 1.29 is 114 Å². The van der Waals surface area contributed by atoms with Gasteiger partial charge in [-0.3, -0.25) is 9.59 Å². The summed E-state index contributed by atoms with van der Waals surface area (Å²) in [6, 6.07) is 9.13. The number of aliphatic hydroxyl groups is 8. The zero-order valence-electron chi connectivity index (χ0n) is 36.7. The van der Waals surface area contributed by atoms with Gasteiger partial charge >= 0.3 is 0 Å². The van der Waals surface area contributed by atoms with Crippen LogP contribution in [0.2, 0.25) is 0 Å². The SMILES string of the molecule is O=c1c(O)c(-c2cc(O)c3c(c2)C(c2cccs2)c2cc(-c4oc5c(O[C@@H]6O[C@H](CO)[C@@H](O)[C@H](O)[C@H]6O)c(O)cc(O)c5c(=O)c4O)cc(O)c2O3)oc2c(O[C@@H]3O[C@H](CO)[C@@H](O)[C@H](O)[C@H]3O)c(O)cc(O)c12. The van der Waals surface area contributed by atoms with Crippen LogP contribution in [0.15, 0.2) is 72.3 Å². The molecule has 4 aromatic carbocycles. The number of aromatic hydroxyl groups is 8. The largest absolute Gasteiger partial charge is 0.507 e. The smallest absolute Gasteiger partial charge is 0.238 e. The van der Waals surface area contributed by atoms with Crippen molar-refractivity contribution >= 4 is 33.3 Å². The highest BCUT2D eigenvalue weighted by Gasteiger charge is 2.47. The minimum absolute atomic E-state index is 0.0504. The lowest BCUT2D eigenvalue weighted by Crippen LogP contribution is -2.60. The number of benzene rings is 4. The Morgan fingerprint density at radius 2 is 0.945 bits per heavy atom. The van der Waals surface area contributed by atoms with E-state index in [1.807, 2.05) is 0 Å². The highest BCUT2D eigenvalue weighted by molar-refractivity contribution is 7.10. The van der Waals surface area contributed by atoms with E-state index in [0.717, 1.165) is 23.5 Å². The van der Waals surface area contributed by atoms with Crippen LogP contribution in [0.1, 0.15) is 21.9 Å². The number of fused-ring (bicyclic) bond motifs is 4. The average molecular weight is 1040 g/mol. The van der Waals surface area contributed by atoms with Gasteiger partial charge in [0, 0.05) is 39.3 Å². The summed E-state index contributed by atoms with van der Waals surface area (Å²) >= 11 is 1.16. The molecule has 3 aliphatic heterocycles. The lowest BCUT2D eigenvalue weighted by molar-refractivity contribution is -0.277. The molecule has 25 nitrogen and oxygen atoms in total. The highest BCUT2D eigenvalue weighted by Crippen LogP contribution is 2.57. The first-order valence-electron chi connectivity index (χ1n) is 21.6. The quantitative estimate of drug-likeness (QED) is 0.0940. The predicted octanol–water partition coefficient (Wildman–Crippen LogP) is 0.583. The van der Waals surface area contributed by atoms with E-state index in [0.29, 0.717) is 17.0 Å². The summed E-state index contributed by atoms with van der Waals surface area (Å²) in [6.45, 7) is -1.73. The molecule has 10 atom stereocenters.